The van der Waals surface area contributed by atoms with E-state index in [9.17, 15) is 17.6 Å². The van der Waals surface area contributed by atoms with Crippen LogP contribution in [0.2, 0.25) is 10.0 Å². The number of carbonyl (C=O) groups excluding carboxylic acids is 1. The summed E-state index contributed by atoms with van der Waals surface area (Å²) in [5.41, 5.74) is 0.00156. The zero-order chi connectivity index (χ0) is 21.6. The van der Waals surface area contributed by atoms with Crippen molar-refractivity contribution >= 4 is 39.1 Å². The standard InChI is InChI=1S/C20H23Cl2FN2O3S/c1-14(2)10-11-24-20(26)13-25(12-17-18(22)4-3-5-19(17)23)29(27,28)16-8-6-15(21)7-9-16/h3-9,14H,10-13H2,1-2H3,(H,24,26). The predicted molar refractivity (Wildman–Crippen MR) is 113 cm³/mol. The predicted octanol–water partition coefficient (Wildman–Crippen LogP) is 4.49. The van der Waals surface area contributed by atoms with Gasteiger partial charge in [0.1, 0.15) is 5.82 Å². The van der Waals surface area contributed by atoms with Gasteiger partial charge in [-0.2, -0.15) is 4.31 Å². The Balaban J connectivity index is 2.32. The first-order valence-corrected chi connectivity index (χ1v) is 11.3. The van der Waals surface area contributed by atoms with E-state index in [1.54, 1.807) is 0 Å². The first-order valence-electron chi connectivity index (χ1n) is 9.06. The van der Waals surface area contributed by atoms with Gasteiger partial charge in [-0.15, -0.1) is 0 Å². The third kappa shape index (κ3) is 6.67. The number of sulfonamides is 1. The molecule has 0 unspecified atom stereocenters. The normalized spacial score (nSPS) is 11.8. The molecule has 0 heterocycles. The minimum atomic E-state index is -4.10. The number of nitrogens with one attached hydrogen (secondary N) is 1. The Morgan fingerprint density at radius 1 is 1.14 bits per heavy atom. The average Bonchev–Trinajstić information content (AvgIpc) is 2.64. The molecule has 0 radical (unpaired) electrons. The Kier molecular flexibility index (Phi) is 8.46. The molecule has 5 nitrogen and oxygen atoms in total. The molecule has 0 bridgehead atoms. The second-order valence-electron chi connectivity index (χ2n) is 6.96. The van der Waals surface area contributed by atoms with Crippen LogP contribution < -0.4 is 5.32 Å². The van der Waals surface area contributed by atoms with Gasteiger partial charge in [0, 0.05) is 28.7 Å². The van der Waals surface area contributed by atoms with Crippen molar-refractivity contribution in [1.29, 1.82) is 0 Å². The van der Waals surface area contributed by atoms with Crippen LogP contribution in [-0.4, -0.2) is 31.7 Å². The van der Waals surface area contributed by atoms with E-state index < -0.39 is 28.3 Å². The van der Waals surface area contributed by atoms with Crippen molar-refractivity contribution in [2.45, 2.75) is 31.7 Å². The number of hydrogen-bond donors (Lipinski definition) is 1. The molecule has 0 saturated heterocycles. The molecular formula is C20H23Cl2FN2O3S. The lowest BCUT2D eigenvalue weighted by Gasteiger charge is -2.23. The van der Waals surface area contributed by atoms with Crippen molar-refractivity contribution in [3.8, 4) is 0 Å². The topological polar surface area (TPSA) is 66.5 Å². The van der Waals surface area contributed by atoms with Crippen LogP contribution in [0.1, 0.15) is 25.8 Å². The molecule has 0 saturated carbocycles. The van der Waals surface area contributed by atoms with Crippen molar-refractivity contribution in [2.24, 2.45) is 5.92 Å². The molecule has 0 atom stereocenters. The Labute approximate surface area is 180 Å². The minimum absolute atomic E-state index is 0.00156. The summed E-state index contributed by atoms with van der Waals surface area (Å²) in [7, 11) is -4.10. The van der Waals surface area contributed by atoms with E-state index >= 15 is 0 Å². The molecule has 9 heteroatoms. The Bertz CT molecular complexity index is 930. The maximum atomic E-state index is 14.3. The summed E-state index contributed by atoms with van der Waals surface area (Å²) in [5.74, 6) is -0.730. The van der Waals surface area contributed by atoms with Crippen LogP contribution in [0.15, 0.2) is 47.4 Å². The van der Waals surface area contributed by atoms with Crippen molar-refractivity contribution < 1.29 is 17.6 Å². The van der Waals surface area contributed by atoms with Crippen LogP contribution in [0.4, 0.5) is 4.39 Å². The van der Waals surface area contributed by atoms with Gasteiger partial charge in [-0.25, -0.2) is 12.8 Å². The van der Waals surface area contributed by atoms with E-state index in [1.165, 1.54) is 42.5 Å². The van der Waals surface area contributed by atoms with Gasteiger partial charge in [0.25, 0.3) is 0 Å². The van der Waals surface area contributed by atoms with E-state index in [1.807, 2.05) is 13.8 Å². The first kappa shape index (κ1) is 23.6. The summed E-state index contributed by atoms with van der Waals surface area (Å²) < 4.78 is 41.4. The van der Waals surface area contributed by atoms with Gasteiger partial charge in [0.05, 0.1) is 11.4 Å². The third-order valence-electron chi connectivity index (χ3n) is 4.21. The molecule has 1 N–H and O–H groups in total. The average molecular weight is 461 g/mol. The lowest BCUT2D eigenvalue weighted by atomic mass is 10.1. The molecule has 0 aliphatic rings. The van der Waals surface area contributed by atoms with Crippen LogP contribution in [0.25, 0.3) is 0 Å². The van der Waals surface area contributed by atoms with Crippen LogP contribution in [0.3, 0.4) is 0 Å². The molecule has 0 aliphatic carbocycles. The highest BCUT2D eigenvalue weighted by molar-refractivity contribution is 7.89. The molecular weight excluding hydrogens is 438 g/mol. The molecule has 0 fully saturated rings. The molecule has 158 valence electrons. The summed E-state index contributed by atoms with van der Waals surface area (Å²) in [6, 6.07) is 9.63. The van der Waals surface area contributed by atoms with Gasteiger partial charge in [-0.1, -0.05) is 43.1 Å². The van der Waals surface area contributed by atoms with Gasteiger partial charge >= 0.3 is 0 Å². The van der Waals surface area contributed by atoms with Crippen LogP contribution in [-0.2, 0) is 21.4 Å². The fourth-order valence-corrected chi connectivity index (χ4v) is 4.27. The summed E-state index contributed by atoms with van der Waals surface area (Å²) in [6.45, 7) is 3.61. The SMILES string of the molecule is CC(C)CCNC(=O)CN(Cc1c(F)cccc1Cl)S(=O)(=O)c1ccc(Cl)cc1. The Hall–Kier alpha value is -1.67. The van der Waals surface area contributed by atoms with E-state index in [0.717, 1.165) is 10.7 Å². The first-order chi connectivity index (χ1) is 13.6. The molecule has 1 amide bonds. The number of hydrogen-bond acceptors (Lipinski definition) is 3. The lowest BCUT2D eigenvalue weighted by molar-refractivity contribution is -0.121. The summed E-state index contributed by atoms with van der Waals surface area (Å²) in [6.07, 6.45) is 0.759. The molecule has 0 aromatic heterocycles. The molecule has 2 aromatic rings. The summed E-state index contributed by atoms with van der Waals surface area (Å²) >= 11 is 11.9. The molecule has 2 aromatic carbocycles. The summed E-state index contributed by atoms with van der Waals surface area (Å²) in [5, 5.41) is 3.16. The number of carbonyl (C=O) groups is 1. The Morgan fingerprint density at radius 2 is 1.79 bits per heavy atom. The number of rotatable bonds is 9. The van der Waals surface area contributed by atoms with Gasteiger partial charge in [-0.05, 0) is 48.7 Å². The highest BCUT2D eigenvalue weighted by Gasteiger charge is 2.28. The van der Waals surface area contributed by atoms with Crippen LogP contribution in [0, 0.1) is 11.7 Å². The second-order valence-corrected chi connectivity index (χ2v) is 9.74. The number of halogens is 3. The zero-order valence-corrected chi connectivity index (χ0v) is 18.5. The fraction of sp³-hybridized carbons (Fsp3) is 0.350. The van der Waals surface area contributed by atoms with E-state index in [4.69, 9.17) is 23.2 Å². The second kappa shape index (κ2) is 10.4. The van der Waals surface area contributed by atoms with E-state index in [2.05, 4.69) is 5.32 Å². The largest absolute Gasteiger partial charge is 0.355 e. The quantitative estimate of drug-likeness (QED) is 0.599. The smallest absolute Gasteiger partial charge is 0.243 e. The monoisotopic (exact) mass is 460 g/mol. The maximum absolute atomic E-state index is 14.3. The fourth-order valence-electron chi connectivity index (χ4n) is 2.56. The van der Waals surface area contributed by atoms with Crippen molar-refractivity contribution in [2.75, 3.05) is 13.1 Å². The van der Waals surface area contributed by atoms with Crippen molar-refractivity contribution in [3.05, 3.63) is 63.9 Å². The van der Waals surface area contributed by atoms with Crippen molar-refractivity contribution in [3.63, 3.8) is 0 Å². The molecule has 29 heavy (non-hydrogen) atoms. The minimum Gasteiger partial charge on any atom is -0.355 e. The number of benzene rings is 2. The highest BCUT2D eigenvalue weighted by atomic mass is 35.5. The summed E-state index contributed by atoms with van der Waals surface area (Å²) in [4.78, 5) is 12.3. The zero-order valence-electron chi connectivity index (χ0n) is 16.2. The van der Waals surface area contributed by atoms with Gasteiger partial charge in [0.15, 0.2) is 0 Å². The van der Waals surface area contributed by atoms with E-state index in [-0.39, 0.29) is 22.0 Å². The Morgan fingerprint density at radius 3 is 2.38 bits per heavy atom. The van der Waals surface area contributed by atoms with Gasteiger partial charge in [0.2, 0.25) is 15.9 Å². The van der Waals surface area contributed by atoms with Gasteiger partial charge in [-0.3, -0.25) is 4.79 Å². The molecule has 0 spiro atoms. The number of nitrogens with zero attached hydrogens (tertiary/aromatic N) is 1. The molecule has 2 rings (SSSR count). The third-order valence-corrected chi connectivity index (χ3v) is 6.62. The van der Waals surface area contributed by atoms with Crippen LogP contribution in [0.5, 0.6) is 0 Å². The van der Waals surface area contributed by atoms with Gasteiger partial charge < -0.3 is 5.32 Å². The molecule has 0 aliphatic heterocycles. The highest BCUT2D eigenvalue weighted by Crippen LogP contribution is 2.25. The van der Waals surface area contributed by atoms with E-state index in [0.29, 0.717) is 17.5 Å². The van der Waals surface area contributed by atoms with Crippen molar-refractivity contribution in [1.82, 2.24) is 9.62 Å². The lowest BCUT2D eigenvalue weighted by Crippen LogP contribution is -2.41. The van der Waals surface area contributed by atoms with Crippen LogP contribution >= 0.6 is 23.2 Å². The number of amides is 1. The maximum Gasteiger partial charge on any atom is 0.243 e.